The number of aromatic nitrogens is 4. The van der Waals surface area contributed by atoms with E-state index in [4.69, 9.17) is 15.6 Å². The van der Waals surface area contributed by atoms with E-state index >= 15 is 0 Å². The van der Waals surface area contributed by atoms with Gasteiger partial charge in [0.1, 0.15) is 11.1 Å². The maximum absolute atomic E-state index is 5.95. The topological polar surface area (TPSA) is 78.3 Å². The Labute approximate surface area is 127 Å². The molecule has 0 aromatic carbocycles. The molecule has 4 rings (SSSR count). The third-order valence-electron chi connectivity index (χ3n) is 4.78. The Kier molecular flexibility index (Phi) is 3.64. The predicted molar refractivity (Wildman–Crippen MR) is 80.3 cm³/mol. The van der Waals surface area contributed by atoms with Crippen LogP contribution in [-0.2, 0) is 4.74 Å². The van der Waals surface area contributed by atoms with Crippen molar-refractivity contribution in [3.8, 4) is 0 Å². The van der Waals surface area contributed by atoms with Gasteiger partial charge in [-0.1, -0.05) is 24.2 Å². The van der Waals surface area contributed by atoms with E-state index in [1.165, 1.54) is 30.7 Å². The number of nitrogens with two attached hydrogens (primary N) is 1. The highest BCUT2D eigenvalue weighted by molar-refractivity contribution is 7.16. The quantitative estimate of drug-likeness (QED) is 0.941. The Bertz CT molecular complexity index is 618. The second-order valence-corrected chi connectivity index (χ2v) is 7.07. The molecular formula is C14H21N5OS. The fourth-order valence-corrected chi connectivity index (χ4v) is 4.67. The summed E-state index contributed by atoms with van der Waals surface area (Å²) in [6.07, 6.45) is 7.16. The van der Waals surface area contributed by atoms with Crippen molar-refractivity contribution < 1.29 is 4.74 Å². The van der Waals surface area contributed by atoms with E-state index in [9.17, 15) is 0 Å². The highest BCUT2D eigenvalue weighted by atomic mass is 32.1. The summed E-state index contributed by atoms with van der Waals surface area (Å²) in [6, 6.07) is 0. The van der Waals surface area contributed by atoms with Gasteiger partial charge in [0.05, 0.1) is 0 Å². The molecule has 1 saturated heterocycles. The van der Waals surface area contributed by atoms with Gasteiger partial charge < -0.3 is 10.5 Å². The summed E-state index contributed by atoms with van der Waals surface area (Å²) < 4.78 is 7.62. The van der Waals surface area contributed by atoms with E-state index in [1.807, 2.05) is 4.52 Å². The third-order valence-corrected chi connectivity index (χ3v) is 5.81. The summed E-state index contributed by atoms with van der Waals surface area (Å²) in [5, 5.41) is 14.6. The lowest BCUT2D eigenvalue weighted by molar-refractivity contribution is 0.103. The van der Waals surface area contributed by atoms with Crippen molar-refractivity contribution in [2.75, 3.05) is 13.2 Å². The van der Waals surface area contributed by atoms with Crippen molar-refractivity contribution in [3.63, 3.8) is 0 Å². The van der Waals surface area contributed by atoms with Gasteiger partial charge in [-0.2, -0.15) is 9.61 Å². The van der Waals surface area contributed by atoms with Crippen LogP contribution in [0.15, 0.2) is 0 Å². The molecule has 0 bridgehead atoms. The Morgan fingerprint density at radius 3 is 2.90 bits per heavy atom. The zero-order valence-electron chi connectivity index (χ0n) is 12.1. The number of rotatable bonds is 3. The minimum atomic E-state index is 0.0617. The van der Waals surface area contributed by atoms with Gasteiger partial charge in [0, 0.05) is 12.5 Å². The van der Waals surface area contributed by atoms with Gasteiger partial charge in [0.25, 0.3) is 0 Å². The number of hydrogen-bond donors (Lipinski definition) is 1. The Hall–Kier alpha value is -1.05. The van der Waals surface area contributed by atoms with Crippen LogP contribution in [0.4, 0.5) is 0 Å². The molecule has 1 saturated carbocycles. The van der Waals surface area contributed by atoms with Crippen LogP contribution in [0.2, 0.25) is 0 Å². The molecule has 2 aliphatic rings. The summed E-state index contributed by atoms with van der Waals surface area (Å²) in [5.41, 5.74) is 5.95. The number of nitrogens with zero attached hydrogens (tertiary/aromatic N) is 4. The van der Waals surface area contributed by atoms with Crippen LogP contribution in [0.3, 0.4) is 0 Å². The smallest absolute Gasteiger partial charge is 0.234 e. The molecule has 2 aromatic rings. The molecule has 7 heteroatoms. The summed E-state index contributed by atoms with van der Waals surface area (Å²) in [7, 11) is 0. The molecule has 0 amide bonds. The minimum absolute atomic E-state index is 0.0617. The van der Waals surface area contributed by atoms with E-state index in [0.717, 1.165) is 36.8 Å². The maximum atomic E-state index is 5.95. The first kappa shape index (κ1) is 13.6. The van der Waals surface area contributed by atoms with E-state index in [0.29, 0.717) is 11.8 Å². The van der Waals surface area contributed by atoms with Crippen molar-refractivity contribution in [1.29, 1.82) is 0 Å². The normalized spacial score (nSPS) is 30.2. The second-order valence-electron chi connectivity index (χ2n) is 6.08. The van der Waals surface area contributed by atoms with Crippen LogP contribution < -0.4 is 5.73 Å². The summed E-state index contributed by atoms with van der Waals surface area (Å²) in [4.78, 5) is 0.886. The van der Waals surface area contributed by atoms with Crippen molar-refractivity contribution >= 4 is 16.3 Å². The lowest BCUT2D eigenvalue weighted by Crippen LogP contribution is -2.25. The number of hydrogen-bond acceptors (Lipinski definition) is 6. The minimum Gasteiger partial charge on any atom is -0.370 e. The van der Waals surface area contributed by atoms with Gasteiger partial charge in [0.2, 0.25) is 4.96 Å². The van der Waals surface area contributed by atoms with E-state index < -0.39 is 0 Å². The van der Waals surface area contributed by atoms with Crippen molar-refractivity contribution in [1.82, 2.24) is 19.8 Å². The first-order valence-electron chi connectivity index (χ1n) is 7.90. The Morgan fingerprint density at radius 1 is 1.19 bits per heavy atom. The average molecular weight is 307 g/mol. The van der Waals surface area contributed by atoms with E-state index in [1.54, 1.807) is 11.3 Å². The zero-order valence-corrected chi connectivity index (χ0v) is 12.9. The van der Waals surface area contributed by atoms with Gasteiger partial charge in [0.15, 0.2) is 5.82 Å². The predicted octanol–water partition coefficient (Wildman–Crippen LogP) is 2.27. The Balaban J connectivity index is 1.67. The Morgan fingerprint density at radius 2 is 2.10 bits per heavy atom. The van der Waals surface area contributed by atoms with Gasteiger partial charge in [-0.15, -0.1) is 10.2 Å². The molecule has 21 heavy (non-hydrogen) atoms. The molecular weight excluding hydrogens is 286 g/mol. The first-order chi connectivity index (χ1) is 10.4. The van der Waals surface area contributed by atoms with Gasteiger partial charge in [-0.05, 0) is 38.1 Å². The monoisotopic (exact) mass is 307 g/mol. The van der Waals surface area contributed by atoms with Gasteiger partial charge in [-0.3, -0.25) is 0 Å². The summed E-state index contributed by atoms with van der Waals surface area (Å²) in [6.45, 7) is 1.57. The number of ether oxygens (including phenoxy) is 1. The molecule has 0 spiro atoms. The van der Waals surface area contributed by atoms with Crippen molar-refractivity contribution in [2.24, 2.45) is 11.7 Å². The molecule has 6 nitrogen and oxygen atoms in total. The second kappa shape index (κ2) is 5.62. The van der Waals surface area contributed by atoms with Crippen molar-refractivity contribution in [3.05, 3.63) is 10.8 Å². The SMILES string of the molecule is NCC1CCCCC1c1nn2c(C3CCCO3)nnc2s1. The maximum Gasteiger partial charge on any atom is 0.234 e. The lowest BCUT2D eigenvalue weighted by Gasteiger charge is -2.28. The standard InChI is InChI=1S/C14H21N5OS/c15-8-9-4-1-2-5-10(9)13-18-19-12(11-6-3-7-20-11)16-17-14(19)21-13/h9-11H,1-8,15H2. The van der Waals surface area contributed by atoms with Crippen LogP contribution in [-0.4, -0.2) is 33.0 Å². The third kappa shape index (κ3) is 2.37. The molecule has 2 aromatic heterocycles. The highest BCUT2D eigenvalue weighted by Crippen LogP contribution is 2.39. The van der Waals surface area contributed by atoms with Crippen LogP contribution in [0.25, 0.3) is 4.96 Å². The van der Waals surface area contributed by atoms with Crippen LogP contribution in [0.1, 0.15) is 61.4 Å². The van der Waals surface area contributed by atoms with Crippen LogP contribution in [0.5, 0.6) is 0 Å². The van der Waals surface area contributed by atoms with E-state index in [-0.39, 0.29) is 6.10 Å². The molecule has 0 radical (unpaired) electrons. The van der Waals surface area contributed by atoms with E-state index in [2.05, 4.69) is 10.2 Å². The molecule has 3 atom stereocenters. The molecule has 2 fully saturated rings. The van der Waals surface area contributed by atoms with Crippen LogP contribution in [0, 0.1) is 5.92 Å². The van der Waals surface area contributed by atoms with Crippen molar-refractivity contribution in [2.45, 2.75) is 50.5 Å². The highest BCUT2D eigenvalue weighted by Gasteiger charge is 2.30. The molecule has 114 valence electrons. The van der Waals surface area contributed by atoms with Crippen LogP contribution >= 0.6 is 11.3 Å². The summed E-state index contributed by atoms with van der Waals surface area (Å²) >= 11 is 1.67. The molecule has 2 N–H and O–H groups in total. The number of fused-ring (bicyclic) bond motifs is 1. The molecule has 1 aliphatic carbocycles. The summed E-state index contributed by atoms with van der Waals surface area (Å²) in [5.74, 6) is 1.92. The van der Waals surface area contributed by atoms with Gasteiger partial charge >= 0.3 is 0 Å². The fourth-order valence-electron chi connectivity index (χ4n) is 3.59. The average Bonchev–Trinajstić information content (AvgIpc) is 3.23. The fraction of sp³-hybridized carbons (Fsp3) is 0.786. The molecule has 1 aliphatic heterocycles. The first-order valence-corrected chi connectivity index (χ1v) is 8.72. The molecule has 3 unspecified atom stereocenters. The lowest BCUT2D eigenvalue weighted by atomic mass is 9.80. The molecule has 3 heterocycles. The van der Waals surface area contributed by atoms with Gasteiger partial charge in [-0.25, -0.2) is 0 Å². The zero-order chi connectivity index (χ0) is 14.2. The largest absolute Gasteiger partial charge is 0.370 e.